The first-order chi connectivity index (χ1) is 10.5. The van der Waals surface area contributed by atoms with E-state index >= 15 is 0 Å². The standard InChI is InChI=1S/C17H21Cl2NO2S/c1-14(2)13(21)15(3,4)17(14,19)23(22)20-10-16(18,11-20)12-8-6-5-7-9-12/h5-9H,10-11H2,1-4H3. The first-order valence-corrected chi connectivity index (χ1v) is 9.50. The van der Waals surface area contributed by atoms with Gasteiger partial charge in [-0.3, -0.25) is 4.79 Å². The molecule has 1 saturated carbocycles. The van der Waals surface area contributed by atoms with Crippen molar-refractivity contribution in [2.24, 2.45) is 10.8 Å². The zero-order valence-corrected chi connectivity index (χ0v) is 16.1. The Morgan fingerprint density at radius 2 is 1.48 bits per heavy atom. The Morgan fingerprint density at radius 3 is 1.96 bits per heavy atom. The number of alkyl halides is 2. The number of Topliss-reactive ketones (excluding diaryl/α,β-unsaturated/α-hetero) is 1. The Balaban J connectivity index is 1.81. The van der Waals surface area contributed by atoms with Crippen molar-refractivity contribution in [2.45, 2.75) is 36.8 Å². The normalized spacial score (nSPS) is 28.5. The van der Waals surface area contributed by atoms with E-state index in [0.29, 0.717) is 13.1 Å². The SMILES string of the molecule is CC1(C)C(=O)C(C)(C)C1(Cl)S(=O)N1CC(Cl)(c2ccccc2)C1. The summed E-state index contributed by atoms with van der Waals surface area (Å²) in [6, 6.07) is 9.78. The lowest BCUT2D eigenvalue weighted by Gasteiger charge is -2.62. The van der Waals surface area contributed by atoms with Crippen molar-refractivity contribution in [1.82, 2.24) is 4.31 Å². The van der Waals surface area contributed by atoms with E-state index < -0.39 is 30.9 Å². The van der Waals surface area contributed by atoms with Crippen LogP contribution in [0.1, 0.15) is 33.3 Å². The average Bonchev–Trinajstić information content (AvgIpc) is 2.49. The molecule has 1 heterocycles. The number of nitrogens with zero attached hydrogens (tertiary/aromatic N) is 1. The number of carbonyl (C=O) groups excluding carboxylic acids is 1. The van der Waals surface area contributed by atoms with Gasteiger partial charge >= 0.3 is 0 Å². The van der Waals surface area contributed by atoms with Crippen molar-refractivity contribution in [1.29, 1.82) is 0 Å². The van der Waals surface area contributed by atoms with Crippen LogP contribution in [0.4, 0.5) is 0 Å². The predicted molar refractivity (Wildman–Crippen MR) is 94.8 cm³/mol. The Morgan fingerprint density at radius 1 is 1.00 bits per heavy atom. The Bertz CT molecular complexity index is 663. The monoisotopic (exact) mass is 373 g/mol. The highest BCUT2D eigenvalue weighted by molar-refractivity contribution is 7.86. The number of benzene rings is 1. The van der Waals surface area contributed by atoms with Gasteiger partial charge in [0, 0.05) is 13.1 Å². The van der Waals surface area contributed by atoms with Gasteiger partial charge in [0.1, 0.15) is 16.8 Å². The van der Waals surface area contributed by atoms with E-state index in [1.54, 1.807) is 32.0 Å². The molecule has 0 bridgehead atoms. The molecule has 1 aliphatic carbocycles. The average molecular weight is 374 g/mol. The molecule has 1 unspecified atom stereocenters. The Kier molecular flexibility index (Phi) is 3.81. The van der Waals surface area contributed by atoms with Crippen molar-refractivity contribution < 1.29 is 9.00 Å². The van der Waals surface area contributed by atoms with E-state index in [2.05, 4.69) is 0 Å². The fourth-order valence-electron chi connectivity index (χ4n) is 3.96. The minimum Gasteiger partial charge on any atom is -0.298 e. The summed E-state index contributed by atoms with van der Waals surface area (Å²) in [7, 11) is -1.49. The lowest BCUT2D eigenvalue weighted by Crippen LogP contribution is -2.76. The maximum Gasteiger partial charge on any atom is 0.157 e. The molecule has 1 aliphatic heterocycles. The zero-order valence-electron chi connectivity index (χ0n) is 13.7. The molecule has 0 aromatic heterocycles. The molecular weight excluding hydrogens is 353 g/mol. The maximum atomic E-state index is 13.1. The van der Waals surface area contributed by atoms with Crippen LogP contribution < -0.4 is 0 Å². The third-order valence-electron chi connectivity index (χ3n) is 5.36. The van der Waals surface area contributed by atoms with Gasteiger partial charge in [0.15, 0.2) is 4.21 Å². The molecule has 23 heavy (non-hydrogen) atoms. The largest absolute Gasteiger partial charge is 0.298 e. The van der Waals surface area contributed by atoms with Crippen LogP contribution in [0.3, 0.4) is 0 Å². The van der Waals surface area contributed by atoms with Crippen molar-refractivity contribution in [2.75, 3.05) is 13.1 Å². The highest BCUT2D eigenvalue weighted by Crippen LogP contribution is 2.65. The predicted octanol–water partition coefficient (Wildman–Crippen LogP) is 3.67. The number of rotatable bonds is 3. The van der Waals surface area contributed by atoms with Gasteiger partial charge in [0.2, 0.25) is 0 Å². The molecule has 0 spiro atoms. The van der Waals surface area contributed by atoms with Gasteiger partial charge in [0.25, 0.3) is 0 Å². The minimum absolute atomic E-state index is 0.0501. The van der Waals surface area contributed by atoms with Crippen LogP contribution >= 0.6 is 23.2 Å². The molecule has 3 rings (SSSR count). The molecule has 3 nitrogen and oxygen atoms in total. The quantitative estimate of drug-likeness (QED) is 0.757. The van der Waals surface area contributed by atoms with Gasteiger partial charge in [-0.2, -0.15) is 0 Å². The Hall–Kier alpha value is -0.420. The molecule has 0 amide bonds. The van der Waals surface area contributed by atoms with Crippen LogP contribution in [0, 0.1) is 10.8 Å². The summed E-state index contributed by atoms with van der Waals surface area (Å²) < 4.78 is 13.8. The molecule has 2 fully saturated rings. The van der Waals surface area contributed by atoms with Crippen LogP contribution in [-0.4, -0.2) is 31.6 Å². The maximum absolute atomic E-state index is 13.1. The smallest absolute Gasteiger partial charge is 0.157 e. The third-order valence-corrected chi connectivity index (χ3v) is 9.39. The first kappa shape index (κ1) is 17.4. The Labute approximate surface area is 149 Å². The summed E-state index contributed by atoms with van der Waals surface area (Å²) in [5, 5.41) is 0. The van der Waals surface area contributed by atoms with Crippen LogP contribution in [0.2, 0.25) is 0 Å². The summed E-state index contributed by atoms with van der Waals surface area (Å²) in [5.41, 5.74) is -0.623. The van der Waals surface area contributed by atoms with E-state index in [4.69, 9.17) is 23.2 Å². The van der Waals surface area contributed by atoms with Gasteiger partial charge in [-0.15, -0.1) is 23.2 Å². The van der Waals surface area contributed by atoms with Gasteiger partial charge in [-0.05, 0) is 5.56 Å². The molecule has 0 N–H and O–H groups in total. The third kappa shape index (κ3) is 2.05. The highest BCUT2D eigenvalue weighted by Gasteiger charge is 2.76. The molecule has 2 aliphatic rings. The summed E-state index contributed by atoms with van der Waals surface area (Å²) in [6.45, 7) is 8.01. The summed E-state index contributed by atoms with van der Waals surface area (Å²) in [4.78, 5) is 11.8. The summed E-state index contributed by atoms with van der Waals surface area (Å²) in [5.74, 6) is 0.0501. The van der Waals surface area contributed by atoms with Crippen molar-refractivity contribution in [3.8, 4) is 0 Å². The molecule has 1 aromatic carbocycles. The van der Waals surface area contributed by atoms with Gasteiger partial charge in [-0.1, -0.05) is 58.0 Å². The van der Waals surface area contributed by atoms with E-state index in [1.807, 2.05) is 30.3 Å². The summed E-state index contributed by atoms with van der Waals surface area (Å²) in [6.07, 6.45) is 0. The molecular formula is C17H21Cl2NO2S. The number of ketones is 1. The lowest BCUT2D eigenvalue weighted by molar-refractivity contribution is -0.153. The van der Waals surface area contributed by atoms with Crippen molar-refractivity contribution >= 4 is 40.0 Å². The number of hydrogen-bond donors (Lipinski definition) is 0. The van der Waals surface area contributed by atoms with Crippen LogP contribution in [-0.2, 0) is 20.7 Å². The molecule has 126 valence electrons. The van der Waals surface area contributed by atoms with Gasteiger partial charge in [0.05, 0.1) is 15.7 Å². The first-order valence-electron chi connectivity index (χ1n) is 7.64. The van der Waals surface area contributed by atoms with Crippen LogP contribution in [0.25, 0.3) is 0 Å². The number of halogens is 2. The number of carbonyl (C=O) groups is 1. The van der Waals surface area contributed by atoms with Crippen LogP contribution in [0.5, 0.6) is 0 Å². The van der Waals surface area contributed by atoms with E-state index in [-0.39, 0.29) is 5.78 Å². The molecule has 1 saturated heterocycles. The fourth-order valence-corrected chi connectivity index (χ4v) is 7.07. The molecule has 0 radical (unpaired) electrons. The van der Waals surface area contributed by atoms with Crippen molar-refractivity contribution in [3.63, 3.8) is 0 Å². The van der Waals surface area contributed by atoms with E-state index in [0.717, 1.165) is 5.56 Å². The summed E-state index contributed by atoms with van der Waals surface area (Å²) >= 11 is 13.4. The second-order valence-corrected chi connectivity index (χ2v) is 10.7. The highest BCUT2D eigenvalue weighted by atomic mass is 35.5. The van der Waals surface area contributed by atoms with Crippen LogP contribution in [0.15, 0.2) is 30.3 Å². The molecule has 1 atom stereocenters. The van der Waals surface area contributed by atoms with Gasteiger partial charge < -0.3 is 0 Å². The second-order valence-electron chi connectivity index (χ2n) is 7.55. The van der Waals surface area contributed by atoms with Crippen molar-refractivity contribution in [3.05, 3.63) is 35.9 Å². The fraction of sp³-hybridized carbons (Fsp3) is 0.588. The van der Waals surface area contributed by atoms with Gasteiger partial charge in [-0.25, -0.2) is 8.51 Å². The minimum atomic E-state index is -1.49. The van der Waals surface area contributed by atoms with E-state index in [9.17, 15) is 9.00 Å². The topological polar surface area (TPSA) is 37.4 Å². The molecule has 6 heteroatoms. The second kappa shape index (κ2) is 5.04. The molecule has 1 aromatic rings. The number of hydrogen-bond acceptors (Lipinski definition) is 2. The zero-order chi connectivity index (χ0) is 17.3. The lowest BCUT2D eigenvalue weighted by atomic mass is 9.54. The van der Waals surface area contributed by atoms with E-state index in [1.165, 1.54) is 0 Å².